The molecule has 3 heteroatoms. The van der Waals surface area contributed by atoms with Gasteiger partial charge in [-0.05, 0) is 30.7 Å². The van der Waals surface area contributed by atoms with Crippen LogP contribution in [0.4, 0.5) is 0 Å². The number of carbonyl (C=O) groups is 1. The van der Waals surface area contributed by atoms with Gasteiger partial charge in [0.1, 0.15) is 0 Å². The molecule has 1 aromatic heterocycles. The molecule has 0 aliphatic heterocycles. The Morgan fingerprint density at radius 3 is 2.88 bits per heavy atom. The third-order valence-corrected chi connectivity index (χ3v) is 4.32. The van der Waals surface area contributed by atoms with E-state index in [1.165, 1.54) is 17.7 Å². The molecule has 1 saturated carbocycles. The summed E-state index contributed by atoms with van der Waals surface area (Å²) >= 11 is 1.70. The van der Waals surface area contributed by atoms with E-state index in [1.807, 2.05) is 6.07 Å². The number of carbonyl (C=O) groups excluding carboxylic acids is 1. The molecule has 1 heterocycles. The van der Waals surface area contributed by atoms with Crippen LogP contribution in [0.5, 0.6) is 0 Å². The Labute approximate surface area is 101 Å². The summed E-state index contributed by atoms with van der Waals surface area (Å²) < 4.78 is 0. The van der Waals surface area contributed by atoms with E-state index in [-0.39, 0.29) is 11.3 Å². The number of amides is 1. The zero-order valence-electron chi connectivity index (χ0n) is 9.79. The van der Waals surface area contributed by atoms with Crippen molar-refractivity contribution in [1.82, 2.24) is 5.32 Å². The number of hydrogen-bond acceptors (Lipinski definition) is 2. The summed E-state index contributed by atoms with van der Waals surface area (Å²) in [6, 6.07) is 4.12. The smallest absolute Gasteiger partial charge is 0.231 e. The second kappa shape index (κ2) is 5.00. The van der Waals surface area contributed by atoms with Gasteiger partial charge < -0.3 is 5.32 Å². The topological polar surface area (TPSA) is 29.1 Å². The van der Waals surface area contributed by atoms with Crippen molar-refractivity contribution in [1.29, 1.82) is 0 Å². The molecule has 1 aliphatic rings. The fraction of sp³-hybridized carbons (Fsp3) is 0.615. The Kier molecular flexibility index (Phi) is 3.64. The van der Waals surface area contributed by atoms with Gasteiger partial charge in [0, 0.05) is 11.4 Å². The average molecular weight is 237 g/mol. The van der Waals surface area contributed by atoms with Crippen LogP contribution in [-0.2, 0) is 10.2 Å². The summed E-state index contributed by atoms with van der Waals surface area (Å²) in [5, 5.41) is 5.13. The summed E-state index contributed by atoms with van der Waals surface area (Å²) in [6.07, 6.45) is 5.54. The first-order valence-electron chi connectivity index (χ1n) is 6.12. The molecule has 1 N–H and O–H groups in total. The molecule has 0 atom stereocenters. The van der Waals surface area contributed by atoms with E-state index in [1.54, 1.807) is 11.3 Å². The summed E-state index contributed by atoms with van der Waals surface area (Å²) in [6.45, 7) is 3.01. The van der Waals surface area contributed by atoms with Gasteiger partial charge >= 0.3 is 0 Å². The number of rotatable bonds is 6. The standard InChI is InChI=1S/C13H19NOS/c1-2-3-4-9-14-12(15)13(7-8-13)11-6-5-10-16-11/h5-6,10H,2-4,7-9H2,1H3,(H,14,15). The van der Waals surface area contributed by atoms with E-state index in [4.69, 9.17) is 0 Å². The predicted octanol–water partition coefficient (Wildman–Crippen LogP) is 3.09. The maximum Gasteiger partial charge on any atom is 0.231 e. The minimum Gasteiger partial charge on any atom is -0.355 e. The second-order valence-electron chi connectivity index (χ2n) is 4.52. The number of hydrogen-bond donors (Lipinski definition) is 1. The zero-order chi connectivity index (χ0) is 11.4. The molecule has 0 spiro atoms. The quantitative estimate of drug-likeness (QED) is 0.757. The van der Waals surface area contributed by atoms with Crippen LogP contribution in [-0.4, -0.2) is 12.5 Å². The van der Waals surface area contributed by atoms with Crippen molar-refractivity contribution in [2.24, 2.45) is 0 Å². The minimum absolute atomic E-state index is 0.152. The van der Waals surface area contributed by atoms with Gasteiger partial charge in [-0.2, -0.15) is 0 Å². The molecule has 1 aromatic rings. The average Bonchev–Trinajstić information content (AvgIpc) is 2.93. The van der Waals surface area contributed by atoms with Crippen LogP contribution in [0.3, 0.4) is 0 Å². The van der Waals surface area contributed by atoms with E-state index in [0.29, 0.717) is 0 Å². The maximum absolute atomic E-state index is 12.1. The molecule has 2 nitrogen and oxygen atoms in total. The molecule has 0 radical (unpaired) electrons. The summed E-state index contributed by atoms with van der Waals surface area (Å²) in [5.74, 6) is 0.242. The van der Waals surface area contributed by atoms with Crippen molar-refractivity contribution in [3.63, 3.8) is 0 Å². The molecule has 2 rings (SSSR count). The predicted molar refractivity (Wildman–Crippen MR) is 67.8 cm³/mol. The van der Waals surface area contributed by atoms with Crippen molar-refractivity contribution >= 4 is 17.2 Å². The van der Waals surface area contributed by atoms with E-state index in [0.717, 1.165) is 25.8 Å². The van der Waals surface area contributed by atoms with Crippen molar-refractivity contribution in [2.45, 2.75) is 44.4 Å². The molecule has 16 heavy (non-hydrogen) atoms. The molecule has 0 unspecified atom stereocenters. The first kappa shape index (κ1) is 11.6. The highest BCUT2D eigenvalue weighted by Gasteiger charge is 2.51. The van der Waals surface area contributed by atoms with Crippen LogP contribution >= 0.6 is 11.3 Å². The van der Waals surface area contributed by atoms with Crippen molar-refractivity contribution in [2.75, 3.05) is 6.54 Å². The van der Waals surface area contributed by atoms with Gasteiger partial charge in [-0.25, -0.2) is 0 Å². The second-order valence-corrected chi connectivity index (χ2v) is 5.47. The number of nitrogens with one attached hydrogen (secondary N) is 1. The zero-order valence-corrected chi connectivity index (χ0v) is 10.6. The van der Waals surface area contributed by atoms with Crippen molar-refractivity contribution < 1.29 is 4.79 Å². The third-order valence-electron chi connectivity index (χ3n) is 3.24. The SMILES string of the molecule is CCCCCNC(=O)C1(c2cccs2)CC1. The minimum atomic E-state index is -0.152. The molecular formula is C13H19NOS. The van der Waals surface area contributed by atoms with E-state index < -0.39 is 0 Å². The molecule has 0 aromatic carbocycles. The molecule has 1 fully saturated rings. The van der Waals surface area contributed by atoms with Gasteiger partial charge in [0.2, 0.25) is 5.91 Å². The highest BCUT2D eigenvalue weighted by atomic mass is 32.1. The van der Waals surface area contributed by atoms with Gasteiger partial charge in [-0.15, -0.1) is 11.3 Å². The van der Waals surface area contributed by atoms with Crippen molar-refractivity contribution in [3.8, 4) is 0 Å². The normalized spacial score (nSPS) is 17.1. The van der Waals surface area contributed by atoms with Gasteiger partial charge in [0.15, 0.2) is 0 Å². The molecule has 0 bridgehead atoms. The Morgan fingerprint density at radius 1 is 1.50 bits per heavy atom. The Bertz CT molecular complexity index is 341. The highest BCUT2D eigenvalue weighted by molar-refractivity contribution is 7.10. The first-order chi connectivity index (χ1) is 7.79. The van der Waals surface area contributed by atoms with E-state index in [9.17, 15) is 4.79 Å². The molecule has 1 amide bonds. The van der Waals surface area contributed by atoms with Gasteiger partial charge in [0.05, 0.1) is 5.41 Å². The Balaban J connectivity index is 1.85. The van der Waals surface area contributed by atoms with Crippen LogP contribution in [0, 0.1) is 0 Å². The highest BCUT2D eigenvalue weighted by Crippen LogP contribution is 2.50. The van der Waals surface area contributed by atoms with Crippen LogP contribution in [0.15, 0.2) is 17.5 Å². The molecule has 88 valence electrons. The summed E-state index contributed by atoms with van der Waals surface area (Å²) in [4.78, 5) is 13.3. The molecular weight excluding hydrogens is 218 g/mol. The lowest BCUT2D eigenvalue weighted by Gasteiger charge is -2.13. The summed E-state index contributed by atoms with van der Waals surface area (Å²) in [5.41, 5.74) is -0.152. The lowest BCUT2D eigenvalue weighted by atomic mass is 10.0. The van der Waals surface area contributed by atoms with Gasteiger partial charge in [-0.1, -0.05) is 25.8 Å². The van der Waals surface area contributed by atoms with Gasteiger partial charge in [0.25, 0.3) is 0 Å². The third kappa shape index (κ3) is 2.29. The summed E-state index contributed by atoms with van der Waals surface area (Å²) in [7, 11) is 0. The number of thiophene rings is 1. The Morgan fingerprint density at radius 2 is 2.31 bits per heavy atom. The monoisotopic (exact) mass is 237 g/mol. The largest absolute Gasteiger partial charge is 0.355 e. The van der Waals surface area contributed by atoms with Crippen LogP contribution in [0.25, 0.3) is 0 Å². The number of unbranched alkanes of at least 4 members (excludes halogenated alkanes) is 2. The van der Waals surface area contributed by atoms with E-state index in [2.05, 4.69) is 23.7 Å². The van der Waals surface area contributed by atoms with Crippen molar-refractivity contribution in [3.05, 3.63) is 22.4 Å². The van der Waals surface area contributed by atoms with Gasteiger partial charge in [-0.3, -0.25) is 4.79 Å². The maximum atomic E-state index is 12.1. The Hall–Kier alpha value is -0.830. The lowest BCUT2D eigenvalue weighted by molar-refractivity contribution is -0.123. The lowest BCUT2D eigenvalue weighted by Crippen LogP contribution is -2.34. The fourth-order valence-corrected chi connectivity index (χ4v) is 2.99. The van der Waals surface area contributed by atoms with Crippen LogP contribution in [0.2, 0.25) is 0 Å². The first-order valence-corrected chi connectivity index (χ1v) is 7.00. The van der Waals surface area contributed by atoms with Crippen LogP contribution in [0.1, 0.15) is 43.9 Å². The van der Waals surface area contributed by atoms with E-state index >= 15 is 0 Å². The fourth-order valence-electron chi connectivity index (χ4n) is 2.01. The molecule has 1 aliphatic carbocycles. The van der Waals surface area contributed by atoms with Crippen LogP contribution < -0.4 is 5.32 Å². The molecule has 0 saturated heterocycles.